The number of benzene rings is 1. The van der Waals surface area contributed by atoms with Crippen molar-refractivity contribution in [2.75, 3.05) is 11.5 Å². The van der Waals surface area contributed by atoms with E-state index in [1.807, 2.05) is 6.92 Å². The van der Waals surface area contributed by atoms with Gasteiger partial charge in [-0.2, -0.15) is 0 Å². The topological polar surface area (TPSA) is 46.2 Å². The predicted octanol–water partition coefficient (Wildman–Crippen LogP) is 1.97. The van der Waals surface area contributed by atoms with Crippen LogP contribution in [0.3, 0.4) is 0 Å². The van der Waals surface area contributed by atoms with E-state index >= 15 is 0 Å². The van der Waals surface area contributed by atoms with Crippen molar-refractivity contribution in [3.8, 4) is 0 Å². The molecule has 100 valence electrons. The van der Waals surface area contributed by atoms with E-state index in [0.717, 1.165) is 6.54 Å². The van der Waals surface area contributed by atoms with Crippen molar-refractivity contribution in [2.45, 2.75) is 39.3 Å². The molecule has 1 unspecified atom stereocenters. The van der Waals surface area contributed by atoms with Crippen LogP contribution >= 0.6 is 0 Å². The fourth-order valence-electron chi connectivity index (χ4n) is 2.64. The lowest BCUT2D eigenvalue weighted by molar-refractivity contribution is 0.395. The van der Waals surface area contributed by atoms with Crippen LogP contribution in [0.2, 0.25) is 0 Å². The molecule has 0 aromatic heterocycles. The minimum Gasteiger partial charge on any atom is -0.306 e. The second-order valence-corrected chi connectivity index (χ2v) is 7.94. The van der Waals surface area contributed by atoms with Crippen LogP contribution in [0.5, 0.6) is 0 Å². The minimum atomic E-state index is -2.84. The molecule has 1 aromatic rings. The summed E-state index contributed by atoms with van der Waals surface area (Å²) in [6.45, 7) is 6.89. The van der Waals surface area contributed by atoms with Gasteiger partial charge in [-0.05, 0) is 32.8 Å². The van der Waals surface area contributed by atoms with Crippen molar-refractivity contribution in [3.05, 3.63) is 34.9 Å². The molecule has 2 rings (SSSR count). The van der Waals surface area contributed by atoms with E-state index in [0.29, 0.717) is 12.2 Å². The first kappa shape index (κ1) is 13.6. The third-order valence-corrected chi connectivity index (χ3v) is 5.41. The number of nitrogens with one attached hydrogen (secondary N) is 1. The third-order valence-electron chi connectivity index (χ3n) is 3.50. The molecule has 4 heteroatoms. The zero-order valence-electron chi connectivity index (χ0n) is 11.3. The van der Waals surface area contributed by atoms with Crippen LogP contribution < -0.4 is 5.32 Å². The SMILES string of the molecule is Cc1cc(C)cc(CNC2(C)CCS(=O)(=O)C2)c1. The van der Waals surface area contributed by atoms with Gasteiger partial charge in [0.15, 0.2) is 9.84 Å². The second-order valence-electron chi connectivity index (χ2n) is 5.75. The molecule has 18 heavy (non-hydrogen) atoms. The Morgan fingerprint density at radius 1 is 1.22 bits per heavy atom. The molecule has 0 radical (unpaired) electrons. The molecule has 0 amide bonds. The Morgan fingerprint density at radius 3 is 2.33 bits per heavy atom. The van der Waals surface area contributed by atoms with Gasteiger partial charge in [0.05, 0.1) is 11.5 Å². The van der Waals surface area contributed by atoms with Crippen LogP contribution in [0, 0.1) is 13.8 Å². The quantitative estimate of drug-likeness (QED) is 0.911. The van der Waals surface area contributed by atoms with Gasteiger partial charge in [0.25, 0.3) is 0 Å². The highest BCUT2D eigenvalue weighted by atomic mass is 32.2. The van der Waals surface area contributed by atoms with Gasteiger partial charge >= 0.3 is 0 Å². The number of sulfone groups is 1. The number of aryl methyl sites for hydroxylation is 2. The van der Waals surface area contributed by atoms with Crippen LogP contribution in [-0.4, -0.2) is 25.5 Å². The molecule has 1 aliphatic rings. The summed E-state index contributed by atoms with van der Waals surface area (Å²) in [5.74, 6) is 0.564. The summed E-state index contributed by atoms with van der Waals surface area (Å²) in [6.07, 6.45) is 0.708. The normalized spacial score (nSPS) is 26.4. The molecule has 1 fully saturated rings. The summed E-state index contributed by atoms with van der Waals surface area (Å²) >= 11 is 0. The largest absolute Gasteiger partial charge is 0.306 e. The molecule has 1 aromatic carbocycles. The van der Waals surface area contributed by atoms with Crippen molar-refractivity contribution in [1.82, 2.24) is 5.32 Å². The van der Waals surface area contributed by atoms with Gasteiger partial charge in [-0.1, -0.05) is 29.3 Å². The lowest BCUT2D eigenvalue weighted by atomic mass is 10.0. The first-order valence-corrected chi connectivity index (χ1v) is 8.13. The smallest absolute Gasteiger partial charge is 0.152 e. The molecule has 0 bridgehead atoms. The molecule has 3 nitrogen and oxygen atoms in total. The maximum Gasteiger partial charge on any atom is 0.152 e. The average Bonchev–Trinajstić information content (AvgIpc) is 2.50. The van der Waals surface area contributed by atoms with Crippen LogP contribution in [0.4, 0.5) is 0 Å². The van der Waals surface area contributed by atoms with Crippen molar-refractivity contribution in [1.29, 1.82) is 0 Å². The van der Waals surface area contributed by atoms with Crippen molar-refractivity contribution < 1.29 is 8.42 Å². The molecule has 0 spiro atoms. The highest BCUT2D eigenvalue weighted by molar-refractivity contribution is 7.91. The van der Waals surface area contributed by atoms with Gasteiger partial charge in [0.1, 0.15) is 0 Å². The van der Waals surface area contributed by atoms with E-state index in [1.54, 1.807) is 0 Å². The van der Waals surface area contributed by atoms with Crippen molar-refractivity contribution in [2.24, 2.45) is 0 Å². The summed E-state index contributed by atoms with van der Waals surface area (Å²) in [5.41, 5.74) is 3.45. The van der Waals surface area contributed by atoms with E-state index in [9.17, 15) is 8.42 Å². The zero-order valence-corrected chi connectivity index (χ0v) is 12.1. The predicted molar refractivity (Wildman–Crippen MR) is 74.4 cm³/mol. The van der Waals surface area contributed by atoms with Crippen LogP contribution in [0.1, 0.15) is 30.0 Å². The Kier molecular flexibility index (Phi) is 3.52. The first-order valence-electron chi connectivity index (χ1n) is 6.31. The lowest BCUT2D eigenvalue weighted by Gasteiger charge is -2.24. The molecule has 1 heterocycles. The maximum atomic E-state index is 11.5. The molecule has 1 N–H and O–H groups in total. The fourth-order valence-corrected chi connectivity index (χ4v) is 4.76. The second kappa shape index (κ2) is 4.67. The van der Waals surface area contributed by atoms with Gasteiger partial charge in [0, 0.05) is 12.1 Å². The van der Waals surface area contributed by atoms with Gasteiger partial charge in [-0.3, -0.25) is 0 Å². The average molecular weight is 267 g/mol. The van der Waals surface area contributed by atoms with Gasteiger partial charge in [-0.25, -0.2) is 8.42 Å². The van der Waals surface area contributed by atoms with Crippen LogP contribution in [-0.2, 0) is 16.4 Å². The molecular weight excluding hydrogens is 246 g/mol. The summed E-state index contributed by atoms with van der Waals surface area (Å²) in [6, 6.07) is 6.44. The summed E-state index contributed by atoms with van der Waals surface area (Å²) in [4.78, 5) is 0. The standard InChI is InChI=1S/C14H21NO2S/c1-11-6-12(2)8-13(7-11)9-15-14(3)4-5-18(16,17)10-14/h6-8,15H,4-5,9-10H2,1-3H3. The number of hydrogen-bond donors (Lipinski definition) is 1. The molecule has 0 saturated carbocycles. The van der Waals surface area contributed by atoms with E-state index in [-0.39, 0.29) is 11.3 Å². The van der Waals surface area contributed by atoms with Crippen molar-refractivity contribution >= 4 is 9.84 Å². The van der Waals surface area contributed by atoms with E-state index in [2.05, 4.69) is 37.4 Å². The van der Waals surface area contributed by atoms with Crippen molar-refractivity contribution in [3.63, 3.8) is 0 Å². The Hall–Kier alpha value is -0.870. The Labute approximate surface area is 110 Å². The fraction of sp³-hybridized carbons (Fsp3) is 0.571. The highest BCUT2D eigenvalue weighted by Crippen LogP contribution is 2.23. The van der Waals surface area contributed by atoms with Gasteiger partial charge < -0.3 is 5.32 Å². The summed E-state index contributed by atoms with van der Waals surface area (Å²) < 4.78 is 23.1. The first-order chi connectivity index (χ1) is 8.28. The molecule has 1 saturated heterocycles. The molecular formula is C14H21NO2S. The van der Waals surface area contributed by atoms with E-state index < -0.39 is 9.84 Å². The number of rotatable bonds is 3. The van der Waals surface area contributed by atoms with Gasteiger partial charge in [0.2, 0.25) is 0 Å². The Bertz CT molecular complexity index is 531. The Morgan fingerprint density at radius 2 is 1.83 bits per heavy atom. The molecule has 1 aliphatic heterocycles. The van der Waals surface area contributed by atoms with Gasteiger partial charge in [-0.15, -0.1) is 0 Å². The summed E-state index contributed by atoms with van der Waals surface area (Å²) in [5, 5.41) is 3.41. The van der Waals surface area contributed by atoms with E-state index in [1.165, 1.54) is 16.7 Å². The third kappa shape index (κ3) is 3.33. The number of hydrogen-bond acceptors (Lipinski definition) is 3. The van der Waals surface area contributed by atoms with Crippen LogP contribution in [0.15, 0.2) is 18.2 Å². The molecule has 1 atom stereocenters. The highest BCUT2D eigenvalue weighted by Gasteiger charge is 2.37. The maximum absolute atomic E-state index is 11.5. The minimum absolute atomic E-state index is 0.255. The monoisotopic (exact) mass is 267 g/mol. The molecule has 0 aliphatic carbocycles. The summed E-state index contributed by atoms with van der Waals surface area (Å²) in [7, 11) is -2.84. The van der Waals surface area contributed by atoms with Crippen LogP contribution in [0.25, 0.3) is 0 Å². The zero-order chi connectivity index (χ0) is 13.4. The lowest BCUT2D eigenvalue weighted by Crippen LogP contribution is -2.42. The Balaban J connectivity index is 2.04. The van der Waals surface area contributed by atoms with E-state index in [4.69, 9.17) is 0 Å².